The number of fused-ring (bicyclic) bond motifs is 3. The highest BCUT2D eigenvalue weighted by Crippen LogP contribution is 2.28. The van der Waals surface area contributed by atoms with E-state index in [1.165, 1.54) is 27.7 Å². The maximum absolute atomic E-state index is 14.4. The molecule has 4 aliphatic heterocycles. The van der Waals surface area contributed by atoms with Crippen molar-refractivity contribution < 1.29 is 47.1 Å². The molecule has 0 radical (unpaired) electrons. The number of carbonyl (C=O) groups excluding carboxylic acids is 7. The van der Waals surface area contributed by atoms with Gasteiger partial charge in [0.05, 0.1) is 0 Å². The summed E-state index contributed by atoms with van der Waals surface area (Å²) in [5, 5.41) is 7.94. The Kier molecular flexibility index (Phi) is 14.6. The summed E-state index contributed by atoms with van der Waals surface area (Å²) >= 11 is 0. The Bertz CT molecular complexity index is 1670. The number of cyclic esters (lactones) is 1. The summed E-state index contributed by atoms with van der Waals surface area (Å²) in [4.78, 5) is 101. The van der Waals surface area contributed by atoms with Gasteiger partial charge in [-0.1, -0.05) is 32.8 Å². The molecule has 14 nitrogen and oxygen atoms in total. The summed E-state index contributed by atoms with van der Waals surface area (Å²) in [5.74, 6) is -6.40. The molecule has 6 amide bonds. The molecule has 3 N–H and O–H groups in total. The summed E-state index contributed by atoms with van der Waals surface area (Å²) in [6.45, 7) is 5.41. The second-order valence-electron chi connectivity index (χ2n) is 15.4. The molecule has 0 bridgehead atoms. The van der Waals surface area contributed by atoms with Crippen LogP contribution in [0, 0.1) is 17.6 Å². The molecule has 7 atom stereocenters. The second-order valence-corrected chi connectivity index (χ2v) is 15.4. The van der Waals surface area contributed by atoms with Gasteiger partial charge in [-0.25, -0.2) is 13.6 Å². The standard InChI is InChI=1S/C40H54F2N6O8/c1-4-5-6-7-8-14-34(49)44-29(20-26-18-27(41)21-28(42)19-26)35(50)45-30-23-56-40(55)33-17-24(2)22-48(33)37(52)25(3)43-36(51)31-12-9-10-15-46(31)39(54)32-13-11-16-47(32)38(30)53/h8,14,18-19,21,24-25,29-33H,4-7,9-13,15-17,20,22-23H2,1-3H3,(H,43,51)(H,44,49)(H,45,50)/t24-,25+,29+,30+,31+,32+,33+/m1/s1. The lowest BCUT2D eigenvalue weighted by Crippen LogP contribution is -2.62. The molecule has 4 aliphatic rings. The van der Waals surface area contributed by atoms with Crippen LogP contribution in [0.3, 0.4) is 0 Å². The molecule has 0 aliphatic carbocycles. The average Bonchev–Trinajstić information content (AvgIpc) is 3.81. The van der Waals surface area contributed by atoms with Crippen molar-refractivity contribution in [1.82, 2.24) is 30.7 Å². The molecule has 5 rings (SSSR count). The molecule has 4 heterocycles. The van der Waals surface area contributed by atoms with Crippen LogP contribution in [0.2, 0.25) is 0 Å². The molecular formula is C40H54F2N6O8. The Balaban J connectivity index is 1.46. The van der Waals surface area contributed by atoms with E-state index in [4.69, 9.17) is 4.74 Å². The average molecular weight is 785 g/mol. The van der Waals surface area contributed by atoms with Gasteiger partial charge in [0.1, 0.15) is 54.5 Å². The van der Waals surface area contributed by atoms with Crippen molar-refractivity contribution in [2.45, 2.75) is 128 Å². The summed E-state index contributed by atoms with van der Waals surface area (Å²) in [7, 11) is 0. The number of rotatable bonds is 10. The largest absolute Gasteiger partial charge is 0.461 e. The zero-order valence-corrected chi connectivity index (χ0v) is 32.4. The smallest absolute Gasteiger partial charge is 0.328 e. The number of carbonyl (C=O) groups is 7. The predicted octanol–water partition coefficient (Wildman–Crippen LogP) is 2.28. The summed E-state index contributed by atoms with van der Waals surface area (Å²) in [5.41, 5.74) is 0.0605. The minimum Gasteiger partial charge on any atom is -0.461 e. The normalized spacial score (nSPS) is 27.0. The van der Waals surface area contributed by atoms with Gasteiger partial charge in [0.15, 0.2) is 0 Å². The van der Waals surface area contributed by atoms with Crippen LogP contribution in [0.25, 0.3) is 0 Å². The van der Waals surface area contributed by atoms with E-state index >= 15 is 0 Å². The van der Waals surface area contributed by atoms with E-state index in [0.717, 1.165) is 31.4 Å². The summed E-state index contributed by atoms with van der Waals surface area (Å²) in [6.07, 6.45) is 8.68. The number of nitrogens with one attached hydrogen (secondary N) is 3. The highest BCUT2D eigenvalue weighted by Gasteiger charge is 2.46. The van der Waals surface area contributed by atoms with Crippen LogP contribution in [0.1, 0.15) is 90.5 Å². The fourth-order valence-electron chi connectivity index (χ4n) is 8.08. The highest BCUT2D eigenvalue weighted by atomic mass is 19.1. The van der Waals surface area contributed by atoms with Crippen LogP contribution in [0.4, 0.5) is 8.78 Å². The Labute approximate surface area is 326 Å². The molecule has 4 fully saturated rings. The van der Waals surface area contributed by atoms with Crippen molar-refractivity contribution in [1.29, 1.82) is 0 Å². The van der Waals surface area contributed by atoms with Gasteiger partial charge in [0.2, 0.25) is 35.4 Å². The Hall–Kier alpha value is -4.89. The van der Waals surface area contributed by atoms with Crippen molar-refractivity contribution in [2.24, 2.45) is 5.92 Å². The monoisotopic (exact) mass is 784 g/mol. The molecule has 0 unspecified atom stereocenters. The SMILES string of the molecule is CCCCCC=CC(=O)N[C@@H](Cc1cc(F)cc(F)c1)C(=O)N[C@H]1COC(=O)[C@@H]2C[C@@H](C)CN2C(=O)[C@H](C)NC(=O)[C@@H]2CCCCN2C(=O)[C@@H]2CCCN2C1=O. The van der Waals surface area contributed by atoms with E-state index in [9.17, 15) is 42.3 Å². The summed E-state index contributed by atoms with van der Waals surface area (Å²) in [6, 6.07) is -4.13. The number of esters is 1. The van der Waals surface area contributed by atoms with Crippen molar-refractivity contribution in [3.8, 4) is 0 Å². The summed E-state index contributed by atoms with van der Waals surface area (Å²) < 4.78 is 34.1. The third-order valence-electron chi connectivity index (χ3n) is 10.9. The van der Waals surface area contributed by atoms with Gasteiger partial charge in [-0.2, -0.15) is 0 Å². The fraction of sp³-hybridized carbons (Fsp3) is 0.625. The molecule has 16 heteroatoms. The Morgan fingerprint density at radius 2 is 1.59 bits per heavy atom. The van der Waals surface area contributed by atoms with Crippen LogP contribution >= 0.6 is 0 Å². The zero-order chi connectivity index (χ0) is 40.5. The Morgan fingerprint density at radius 3 is 2.32 bits per heavy atom. The minimum atomic E-state index is -1.55. The second kappa shape index (κ2) is 19.3. The maximum atomic E-state index is 14.4. The van der Waals surface area contributed by atoms with Gasteiger partial charge >= 0.3 is 5.97 Å². The van der Waals surface area contributed by atoms with Gasteiger partial charge < -0.3 is 35.4 Å². The van der Waals surface area contributed by atoms with Gasteiger partial charge in [0.25, 0.3) is 0 Å². The number of hydrogen-bond donors (Lipinski definition) is 3. The van der Waals surface area contributed by atoms with E-state index in [1.54, 1.807) is 6.08 Å². The van der Waals surface area contributed by atoms with Crippen molar-refractivity contribution in [2.75, 3.05) is 26.2 Å². The van der Waals surface area contributed by atoms with E-state index < -0.39 is 95.9 Å². The third kappa shape index (κ3) is 10.5. The van der Waals surface area contributed by atoms with Crippen LogP contribution in [-0.2, 0) is 44.7 Å². The molecule has 306 valence electrons. The number of nitrogens with zero attached hydrogens (tertiary/aromatic N) is 3. The number of halogens is 2. The topological polar surface area (TPSA) is 175 Å². The zero-order valence-electron chi connectivity index (χ0n) is 32.4. The number of amides is 6. The van der Waals surface area contributed by atoms with Crippen LogP contribution < -0.4 is 16.0 Å². The van der Waals surface area contributed by atoms with Gasteiger partial charge in [-0.05, 0) is 88.0 Å². The van der Waals surface area contributed by atoms with Crippen LogP contribution in [0.5, 0.6) is 0 Å². The molecular weight excluding hydrogens is 730 g/mol. The first kappa shape index (κ1) is 42.3. The number of unbranched alkanes of at least 4 members (excludes halogenated alkanes) is 3. The fourth-order valence-corrected chi connectivity index (χ4v) is 8.08. The van der Waals surface area contributed by atoms with E-state index in [2.05, 4.69) is 16.0 Å². The van der Waals surface area contributed by atoms with Crippen molar-refractivity contribution in [3.63, 3.8) is 0 Å². The number of ether oxygens (including phenoxy) is 1. The lowest BCUT2D eigenvalue weighted by molar-refractivity contribution is -0.158. The Morgan fingerprint density at radius 1 is 0.893 bits per heavy atom. The predicted molar refractivity (Wildman–Crippen MR) is 199 cm³/mol. The van der Waals surface area contributed by atoms with Crippen LogP contribution in [0.15, 0.2) is 30.4 Å². The first-order valence-corrected chi connectivity index (χ1v) is 19.9. The van der Waals surface area contributed by atoms with E-state index in [0.29, 0.717) is 38.2 Å². The number of allylic oxidation sites excluding steroid dienone is 1. The van der Waals surface area contributed by atoms with Crippen molar-refractivity contribution in [3.05, 3.63) is 47.5 Å². The number of benzene rings is 1. The lowest BCUT2D eigenvalue weighted by Gasteiger charge is -2.39. The number of piperidine rings is 1. The van der Waals surface area contributed by atoms with Gasteiger partial charge in [-0.15, -0.1) is 0 Å². The van der Waals surface area contributed by atoms with E-state index in [-0.39, 0.29) is 50.4 Å². The maximum Gasteiger partial charge on any atom is 0.328 e. The molecule has 1 aromatic carbocycles. The molecule has 0 spiro atoms. The molecule has 0 aromatic heterocycles. The first-order chi connectivity index (χ1) is 26.8. The highest BCUT2D eigenvalue weighted by molar-refractivity contribution is 5.98. The third-order valence-corrected chi connectivity index (χ3v) is 10.9. The lowest BCUT2D eigenvalue weighted by atomic mass is 9.99. The minimum absolute atomic E-state index is 0.0605. The number of hydrogen-bond acceptors (Lipinski definition) is 8. The molecule has 1 aromatic rings. The quantitative estimate of drug-likeness (QED) is 0.184. The molecule has 56 heavy (non-hydrogen) atoms. The molecule has 4 saturated heterocycles. The van der Waals surface area contributed by atoms with Crippen LogP contribution in [-0.4, -0.2) is 119 Å². The van der Waals surface area contributed by atoms with Gasteiger partial charge in [0, 0.05) is 32.1 Å². The first-order valence-electron chi connectivity index (χ1n) is 19.9. The van der Waals surface area contributed by atoms with Crippen molar-refractivity contribution >= 4 is 41.4 Å². The van der Waals surface area contributed by atoms with E-state index in [1.807, 2.05) is 13.8 Å². The van der Waals surface area contributed by atoms with Gasteiger partial charge in [-0.3, -0.25) is 28.8 Å². The molecule has 0 saturated carbocycles.